The van der Waals surface area contributed by atoms with Gasteiger partial charge in [-0.05, 0) is 25.1 Å². The Morgan fingerprint density at radius 1 is 1.33 bits per heavy atom. The minimum atomic E-state index is -4.28. The molecule has 0 spiro atoms. The number of thiazole rings is 1. The van der Waals surface area contributed by atoms with Crippen LogP contribution in [0.4, 0.5) is 13.2 Å². The molecule has 0 saturated carbocycles. The Hall–Kier alpha value is -1.34. The third kappa shape index (κ3) is 2.85. The van der Waals surface area contributed by atoms with Gasteiger partial charge in [-0.2, -0.15) is 13.2 Å². The molecule has 0 saturated heterocycles. The Balaban J connectivity index is 2.27. The van der Waals surface area contributed by atoms with E-state index in [0.29, 0.717) is 16.2 Å². The molecule has 3 rings (SSSR count). The molecular formula is C14H10BrF3N2S. The SMILES string of the molecule is Cc1cnc(-c2cc3c(Br)cccc3n2CC(F)(F)F)s1. The second-order valence-corrected chi connectivity index (χ2v) is 6.77. The van der Waals surface area contributed by atoms with Crippen molar-refractivity contribution < 1.29 is 13.2 Å². The van der Waals surface area contributed by atoms with Gasteiger partial charge in [0.1, 0.15) is 11.6 Å². The normalized spacial score (nSPS) is 12.2. The summed E-state index contributed by atoms with van der Waals surface area (Å²) in [4.78, 5) is 5.18. The van der Waals surface area contributed by atoms with Crippen LogP contribution in [-0.4, -0.2) is 15.7 Å². The van der Waals surface area contributed by atoms with Gasteiger partial charge in [0.25, 0.3) is 0 Å². The highest BCUT2D eigenvalue weighted by Gasteiger charge is 2.30. The summed E-state index contributed by atoms with van der Waals surface area (Å²) in [6.07, 6.45) is -2.61. The molecule has 21 heavy (non-hydrogen) atoms. The molecule has 0 aliphatic rings. The van der Waals surface area contributed by atoms with Gasteiger partial charge in [0.15, 0.2) is 0 Å². The maximum Gasteiger partial charge on any atom is 0.406 e. The smallest absolute Gasteiger partial charge is 0.329 e. The van der Waals surface area contributed by atoms with E-state index in [1.165, 1.54) is 15.9 Å². The zero-order valence-electron chi connectivity index (χ0n) is 10.9. The molecule has 0 radical (unpaired) electrons. The monoisotopic (exact) mass is 374 g/mol. The predicted molar refractivity (Wildman–Crippen MR) is 81.5 cm³/mol. The second kappa shape index (κ2) is 5.14. The maximum absolute atomic E-state index is 12.9. The molecule has 7 heteroatoms. The van der Waals surface area contributed by atoms with E-state index in [1.54, 1.807) is 24.4 Å². The molecule has 3 aromatic rings. The number of hydrogen-bond donors (Lipinski definition) is 0. The van der Waals surface area contributed by atoms with Crippen LogP contribution in [0.25, 0.3) is 21.6 Å². The molecule has 0 atom stereocenters. The summed E-state index contributed by atoms with van der Waals surface area (Å²) >= 11 is 4.78. The molecular weight excluding hydrogens is 365 g/mol. The van der Waals surface area contributed by atoms with Crippen molar-refractivity contribution in [2.24, 2.45) is 0 Å². The lowest BCUT2D eigenvalue weighted by molar-refractivity contribution is -0.139. The van der Waals surface area contributed by atoms with Crippen LogP contribution in [0.5, 0.6) is 0 Å². The van der Waals surface area contributed by atoms with Crippen molar-refractivity contribution in [2.75, 3.05) is 0 Å². The first-order chi connectivity index (χ1) is 9.85. The summed E-state index contributed by atoms with van der Waals surface area (Å²) in [5.74, 6) is 0. The van der Waals surface area contributed by atoms with Crippen LogP contribution < -0.4 is 0 Å². The molecule has 0 N–H and O–H groups in total. The van der Waals surface area contributed by atoms with E-state index in [1.807, 2.05) is 13.0 Å². The highest BCUT2D eigenvalue weighted by atomic mass is 79.9. The number of benzene rings is 1. The number of aryl methyl sites for hydroxylation is 1. The topological polar surface area (TPSA) is 17.8 Å². The van der Waals surface area contributed by atoms with E-state index in [0.717, 1.165) is 14.7 Å². The quantitative estimate of drug-likeness (QED) is 0.587. The lowest BCUT2D eigenvalue weighted by Crippen LogP contribution is -2.18. The van der Waals surface area contributed by atoms with Crippen molar-refractivity contribution in [3.8, 4) is 10.7 Å². The van der Waals surface area contributed by atoms with Gasteiger partial charge in [-0.15, -0.1) is 11.3 Å². The molecule has 110 valence electrons. The van der Waals surface area contributed by atoms with Crippen LogP contribution >= 0.6 is 27.3 Å². The summed E-state index contributed by atoms with van der Waals surface area (Å²) in [5.41, 5.74) is 1.04. The van der Waals surface area contributed by atoms with Crippen LogP contribution in [0.15, 0.2) is 34.9 Å². The van der Waals surface area contributed by atoms with Crippen molar-refractivity contribution >= 4 is 38.2 Å². The van der Waals surface area contributed by atoms with E-state index in [4.69, 9.17) is 0 Å². The second-order valence-electron chi connectivity index (χ2n) is 4.68. The Morgan fingerprint density at radius 3 is 2.71 bits per heavy atom. The summed E-state index contributed by atoms with van der Waals surface area (Å²) in [6.45, 7) is 0.856. The Labute approximate surface area is 131 Å². The van der Waals surface area contributed by atoms with E-state index < -0.39 is 12.7 Å². The first-order valence-electron chi connectivity index (χ1n) is 6.12. The van der Waals surface area contributed by atoms with Gasteiger partial charge < -0.3 is 4.57 Å². The number of aromatic nitrogens is 2. The molecule has 0 fully saturated rings. The first kappa shape index (κ1) is 14.6. The molecule has 0 aliphatic heterocycles. The van der Waals surface area contributed by atoms with Gasteiger partial charge in [-0.1, -0.05) is 22.0 Å². The van der Waals surface area contributed by atoms with Crippen molar-refractivity contribution in [2.45, 2.75) is 19.6 Å². The van der Waals surface area contributed by atoms with E-state index in [2.05, 4.69) is 20.9 Å². The van der Waals surface area contributed by atoms with Crippen LogP contribution in [0.3, 0.4) is 0 Å². The van der Waals surface area contributed by atoms with Crippen molar-refractivity contribution in [3.63, 3.8) is 0 Å². The molecule has 2 heterocycles. The fourth-order valence-corrected chi connectivity index (χ4v) is 3.51. The number of halogens is 4. The number of fused-ring (bicyclic) bond motifs is 1. The van der Waals surface area contributed by atoms with Gasteiger partial charge in [-0.3, -0.25) is 0 Å². The minimum Gasteiger partial charge on any atom is -0.329 e. The standard InChI is InChI=1S/C14H10BrF3N2S/c1-8-6-19-13(21-8)12-5-9-10(15)3-2-4-11(9)20(12)7-14(16,17)18/h2-6H,7H2,1H3. The van der Waals surface area contributed by atoms with Gasteiger partial charge in [0.2, 0.25) is 0 Å². The van der Waals surface area contributed by atoms with Crippen molar-refractivity contribution in [3.05, 3.63) is 39.8 Å². The Bertz CT molecular complexity index is 804. The van der Waals surface area contributed by atoms with E-state index in [9.17, 15) is 13.2 Å². The first-order valence-corrected chi connectivity index (χ1v) is 7.73. The molecule has 0 unspecified atom stereocenters. The van der Waals surface area contributed by atoms with Crippen LogP contribution in [0, 0.1) is 6.92 Å². The number of nitrogens with zero attached hydrogens (tertiary/aromatic N) is 2. The lowest BCUT2D eigenvalue weighted by Gasteiger charge is -2.12. The molecule has 1 aromatic carbocycles. The van der Waals surface area contributed by atoms with Crippen LogP contribution in [0.1, 0.15) is 4.88 Å². The number of alkyl halides is 3. The number of hydrogen-bond acceptors (Lipinski definition) is 2. The fraction of sp³-hybridized carbons (Fsp3) is 0.214. The zero-order chi connectivity index (χ0) is 15.2. The highest BCUT2D eigenvalue weighted by Crippen LogP contribution is 2.36. The third-order valence-electron chi connectivity index (χ3n) is 3.07. The molecule has 2 nitrogen and oxygen atoms in total. The molecule has 0 aliphatic carbocycles. The van der Waals surface area contributed by atoms with Gasteiger partial charge in [-0.25, -0.2) is 4.98 Å². The maximum atomic E-state index is 12.9. The Kier molecular flexibility index (Phi) is 3.57. The Morgan fingerprint density at radius 2 is 2.10 bits per heavy atom. The van der Waals surface area contributed by atoms with E-state index in [-0.39, 0.29) is 0 Å². The van der Waals surface area contributed by atoms with Gasteiger partial charge >= 0.3 is 6.18 Å². The average Bonchev–Trinajstić information content (AvgIpc) is 2.94. The number of rotatable bonds is 2. The van der Waals surface area contributed by atoms with Crippen LogP contribution in [-0.2, 0) is 6.54 Å². The molecule has 0 bridgehead atoms. The zero-order valence-corrected chi connectivity index (χ0v) is 13.3. The lowest BCUT2D eigenvalue weighted by atomic mass is 10.2. The fourth-order valence-electron chi connectivity index (χ4n) is 2.25. The molecule has 2 aromatic heterocycles. The molecule has 0 amide bonds. The van der Waals surface area contributed by atoms with Crippen molar-refractivity contribution in [1.29, 1.82) is 0 Å². The summed E-state index contributed by atoms with van der Waals surface area (Å²) in [7, 11) is 0. The summed E-state index contributed by atoms with van der Waals surface area (Å²) < 4.78 is 40.7. The van der Waals surface area contributed by atoms with Gasteiger partial charge in [0, 0.05) is 20.9 Å². The summed E-state index contributed by atoms with van der Waals surface area (Å²) in [5, 5.41) is 1.35. The average molecular weight is 375 g/mol. The predicted octanol–water partition coefficient (Wildman–Crippen LogP) is 5.40. The van der Waals surface area contributed by atoms with Crippen molar-refractivity contribution in [1.82, 2.24) is 9.55 Å². The highest BCUT2D eigenvalue weighted by molar-refractivity contribution is 9.10. The third-order valence-corrected chi connectivity index (χ3v) is 4.70. The van der Waals surface area contributed by atoms with E-state index >= 15 is 0 Å². The minimum absolute atomic E-state index is 0.493. The van der Waals surface area contributed by atoms with Crippen LogP contribution in [0.2, 0.25) is 0 Å². The summed E-state index contributed by atoms with van der Waals surface area (Å²) in [6, 6.07) is 6.99. The van der Waals surface area contributed by atoms with Gasteiger partial charge in [0.05, 0.1) is 11.2 Å². The largest absolute Gasteiger partial charge is 0.406 e.